The maximum absolute atomic E-state index is 10.8. The van der Waals surface area contributed by atoms with Gasteiger partial charge in [-0.05, 0) is 13.8 Å². The van der Waals surface area contributed by atoms with Gasteiger partial charge in [0.1, 0.15) is 13.2 Å². The number of carbonyl (C=O) groups excluding carboxylic acids is 2. The summed E-state index contributed by atoms with van der Waals surface area (Å²) in [6, 6.07) is 0. The van der Waals surface area contributed by atoms with Crippen molar-refractivity contribution in [1.29, 1.82) is 0 Å². The Morgan fingerprint density at radius 2 is 1.06 bits per heavy atom. The predicted molar refractivity (Wildman–Crippen MR) is 71.7 cm³/mol. The lowest BCUT2D eigenvalue weighted by atomic mass is 10.4. The normalized spacial score (nSPS) is 7.41. The highest BCUT2D eigenvalue weighted by Gasteiger charge is 2.05. The fraction of sp³-hybridized carbons (Fsp3) is 0.538. The minimum atomic E-state index is -0.489. The van der Waals surface area contributed by atoms with Crippen molar-refractivity contribution in [3.8, 4) is 0 Å². The van der Waals surface area contributed by atoms with E-state index in [-0.39, 0.29) is 35.5 Å². The van der Waals surface area contributed by atoms with Crippen molar-refractivity contribution in [3.63, 3.8) is 0 Å². The van der Waals surface area contributed by atoms with Crippen molar-refractivity contribution in [1.82, 2.24) is 0 Å². The van der Waals surface area contributed by atoms with E-state index in [0.717, 1.165) is 0 Å². The van der Waals surface area contributed by atoms with E-state index in [1.165, 1.54) is 0 Å². The summed E-state index contributed by atoms with van der Waals surface area (Å²) < 4.78 is 9.38. The molecule has 0 N–H and O–H groups in total. The standard InChI is InChI=1S/C10H14O4.3CH4/c1-7(2)9(11)13-5-6-14-10(12)8(3)4;;;/h1,3,5-6H2,2,4H3;3*1H4. The number of hydrogen-bond donors (Lipinski definition) is 0. The molecule has 0 unspecified atom stereocenters. The van der Waals surface area contributed by atoms with E-state index < -0.39 is 11.9 Å². The summed E-state index contributed by atoms with van der Waals surface area (Å²) in [5.41, 5.74) is 0.632. The first-order valence-corrected chi connectivity index (χ1v) is 4.10. The Hall–Kier alpha value is -1.58. The summed E-state index contributed by atoms with van der Waals surface area (Å²) in [4.78, 5) is 21.7. The first-order valence-electron chi connectivity index (χ1n) is 4.10. The van der Waals surface area contributed by atoms with Crippen LogP contribution >= 0.6 is 0 Å². The first-order chi connectivity index (χ1) is 6.45. The number of carbonyl (C=O) groups is 2. The van der Waals surface area contributed by atoms with Crippen LogP contribution in [0.4, 0.5) is 0 Å². The Bertz CT molecular complexity index is 239. The summed E-state index contributed by atoms with van der Waals surface area (Å²) >= 11 is 0. The van der Waals surface area contributed by atoms with Gasteiger partial charge in [-0.3, -0.25) is 0 Å². The molecule has 0 amide bonds. The van der Waals surface area contributed by atoms with Crippen LogP contribution < -0.4 is 0 Å². The van der Waals surface area contributed by atoms with E-state index in [0.29, 0.717) is 11.1 Å². The molecule has 0 rings (SSSR count). The van der Waals surface area contributed by atoms with Crippen LogP contribution in [-0.4, -0.2) is 25.2 Å². The average Bonchev–Trinajstić information content (AvgIpc) is 2.11. The van der Waals surface area contributed by atoms with Gasteiger partial charge in [0.2, 0.25) is 0 Å². The monoisotopic (exact) mass is 246 g/mol. The molecule has 0 aliphatic carbocycles. The molecule has 0 radical (unpaired) electrons. The second-order valence-electron chi connectivity index (χ2n) is 2.83. The largest absolute Gasteiger partial charge is 0.459 e. The first kappa shape index (κ1) is 24.6. The van der Waals surface area contributed by atoms with Crippen LogP contribution in [0, 0.1) is 0 Å². The lowest BCUT2D eigenvalue weighted by Crippen LogP contribution is -2.14. The van der Waals surface area contributed by atoms with E-state index in [4.69, 9.17) is 0 Å². The highest BCUT2D eigenvalue weighted by Crippen LogP contribution is 1.94. The third kappa shape index (κ3) is 12.4. The van der Waals surface area contributed by atoms with Gasteiger partial charge in [-0.15, -0.1) is 0 Å². The van der Waals surface area contributed by atoms with Crippen LogP contribution in [0.25, 0.3) is 0 Å². The van der Waals surface area contributed by atoms with Crippen LogP contribution in [0.2, 0.25) is 0 Å². The molecule has 0 bridgehead atoms. The number of esters is 2. The predicted octanol–water partition coefficient (Wildman–Crippen LogP) is 3.13. The molecule has 17 heavy (non-hydrogen) atoms. The van der Waals surface area contributed by atoms with Crippen LogP contribution in [0.5, 0.6) is 0 Å². The van der Waals surface area contributed by atoms with Gasteiger partial charge in [0, 0.05) is 11.1 Å². The Balaban J connectivity index is -0.000000282. The molecular formula is C13H26O4. The van der Waals surface area contributed by atoms with Crippen molar-refractivity contribution in [2.75, 3.05) is 13.2 Å². The molecule has 0 aromatic carbocycles. The topological polar surface area (TPSA) is 52.6 Å². The zero-order valence-electron chi connectivity index (χ0n) is 8.46. The minimum Gasteiger partial charge on any atom is -0.459 e. The Morgan fingerprint density at radius 1 is 0.824 bits per heavy atom. The molecule has 0 aromatic rings. The average molecular weight is 246 g/mol. The number of rotatable bonds is 5. The SMILES string of the molecule is C.C.C.C=C(C)C(=O)OCCOC(=O)C(=C)C. The Labute approximate surface area is 105 Å². The highest BCUT2D eigenvalue weighted by molar-refractivity contribution is 5.87. The van der Waals surface area contributed by atoms with Gasteiger partial charge in [0.15, 0.2) is 0 Å². The second-order valence-corrected chi connectivity index (χ2v) is 2.83. The molecule has 0 saturated heterocycles. The Kier molecular flexibility index (Phi) is 18.1. The Morgan fingerprint density at radius 3 is 1.24 bits per heavy atom. The molecule has 0 atom stereocenters. The zero-order chi connectivity index (χ0) is 11.1. The zero-order valence-corrected chi connectivity index (χ0v) is 8.46. The van der Waals surface area contributed by atoms with E-state index in [1.54, 1.807) is 13.8 Å². The number of hydrogen-bond acceptors (Lipinski definition) is 4. The molecule has 0 heterocycles. The smallest absolute Gasteiger partial charge is 0.333 e. The van der Waals surface area contributed by atoms with Gasteiger partial charge < -0.3 is 9.47 Å². The third-order valence-corrected chi connectivity index (χ3v) is 1.25. The molecule has 102 valence electrons. The van der Waals surface area contributed by atoms with Gasteiger partial charge in [0.05, 0.1) is 0 Å². The quantitative estimate of drug-likeness (QED) is 0.425. The maximum Gasteiger partial charge on any atom is 0.333 e. The van der Waals surface area contributed by atoms with Crippen LogP contribution in [0.1, 0.15) is 36.1 Å². The lowest BCUT2D eigenvalue weighted by Gasteiger charge is -2.05. The molecule has 0 saturated carbocycles. The van der Waals surface area contributed by atoms with Gasteiger partial charge >= 0.3 is 11.9 Å². The molecule has 0 aliphatic rings. The summed E-state index contributed by atoms with van der Waals surface area (Å²) in [7, 11) is 0. The number of ether oxygens (including phenoxy) is 2. The van der Waals surface area contributed by atoms with Gasteiger partial charge in [-0.25, -0.2) is 9.59 Å². The van der Waals surface area contributed by atoms with Crippen molar-refractivity contribution in [2.24, 2.45) is 0 Å². The van der Waals surface area contributed by atoms with Crippen LogP contribution in [0.15, 0.2) is 24.3 Å². The van der Waals surface area contributed by atoms with Crippen molar-refractivity contribution in [3.05, 3.63) is 24.3 Å². The summed E-state index contributed by atoms with van der Waals surface area (Å²) in [5.74, 6) is -0.979. The van der Waals surface area contributed by atoms with E-state index in [2.05, 4.69) is 22.6 Å². The molecule has 0 aromatic heterocycles. The maximum atomic E-state index is 10.8. The molecule has 0 fully saturated rings. The van der Waals surface area contributed by atoms with E-state index >= 15 is 0 Å². The van der Waals surface area contributed by atoms with Crippen LogP contribution in [0.3, 0.4) is 0 Å². The molecule has 4 nitrogen and oxygen atoms in total. The fourth-order valence-electron chi connectivity index (χ4n) is 0.515. The molecule has 0 spiro atoms. The van der Waals surface area contributed by atoms with E-state index in [1.807, 2.05) is 0 Å². The lowest BCUT2D eigenvalue weighted by molar-refractivity contribution is -0.147. The molecule has 4 heteroatoms. The molecular weight excluding hydrogens is 220 g/mol. The summed E-state index contributed by atoms with van der Waals surface area (Å²) in [6.07, 6.45) is 0. The van der Waals surface area contributed by atoms with Crippen molar-refractivity contribution < 1.29 is 19.1 Å². The van der Waals surface area contributed by atoms with Crippen LogP contribution in [-0.2, 0) is 19.1 Å². The highest BCUT2D eigenvalue weighted by atomic mass is 16.6. The molecule has 0 aliphatic heterocycles. The second kappa shape index (κ2) is 12.5. The van der Waals surface area contributed by atoms with Gasteiger partial charge in [-0.1, -0.05) is 35.4 Å². The minimum absolute atomic E-state index is 0. The summed E-state index contributed by atoms with van der Waals surface area (Å²) in [5, 5.41) is 0. The van der Waals surface area contributed by atoms with E-state index in [9.17, 15) is 9.59 Å². The van der Waals surface area contributed by atoms with Gasteiger partial charge in [-0.2, -0.15) is 0 Å². The van der Waals surface area contributed by atoms with Gasteiger partial charge in [0.25, 0.3) is 0 Å². The van der Waals surface area contributed by atoms with Crippen molar-refractivity contribution >= 4 is 11.9 Å². The van der Waals surface area contributed by atoms with Crippen molar-refractivity contribution in [2.45, 2.75) is 36.1 Å². The third-order valence-electron chi connectivity index (χ3n) is 1.25. The fourth-order valence-corrected chi connectivity index (χ4v) is 0.515. The summed E-state index contributed by atoms with van der Waals surface area (Å²) in [6.45, 7) is 9.95.